The van der Waals surface area contributed by atoms with Crippen LogP contribution in [0.4, 0.5) is 9.80 Å². The smallest absolute Gasteiger partial charge is 0.346 e. The molecule has 2 fully saturated rings. The summed E-state index contributed by atoms with van der Waals surface area (Å²) in [4.78, 5) is 42.0. The van der Waals surface area contributed by atoms with Gasteiger partial charge in [0, 0.05) is 44.7 Å². The van der Waals surface area contributed by atoms with Gasteiger partial charge in [-0.2, -0.15) is 4.37 Å². The highest BCUT2D eigenvalue weighted by molar-refractivity contribution is 7.11. The Kier molecular flexibility index (Phi) is 9.48. The van der Waals surface area contributed by atoms with Gasteiger partial charge in [0.2, 0.25) is 5.88 Å². The first-order valence-corrected chi connectivity index (χ1v) is 13.5. The minimum Gasteiger partial charge on any atom is -0.472 e. The van der Waals surface area contributed by atoms with Crippen molar-refractivity contribution in [3.63, 3.8) is 0 Å². The quantitative estimate of drug-likeness (QED) is 0.245. The number of esters is 1. The fourth-order valence-corrected chi connectivity index (χ4v) is 4.87. The zero-order chi connectivity index (χ0) is 26.2. The number of ether oxygens (including phenoxy) is 2. The van der Waals surface area contributed by atoms with Crippen LogP contribution in [0.15, 0.2) is 24.3 Å². The van der Waals surface area contributed by atoms with Gasteiger partial charge in [0.25, 0.3) is 0 Å². The zero-order valence-electron chi connectivity index (χ0n) is 21.5. The molecular weight excluding hydrogens is 494 g/mol. The third kappa shape index (κ3) is 7.98. The average molecular weight is 530 g/mol. The van der Waals surface area contributed by atoms with Crippen LogP contribution in [0.5, 0.6) is 5.88 Å². The van der Waals surface area contributed by atoms with Crippen LogP contribution in [0.2, 0.25) is 0 Å². The molecule has 0 atom stereocenters. The van der Waals surface area contributed by atoms with Gasteiger partial charge in [0.05, 0.1) is 7.11 Å². The SMILES string of the molecule is COC(=O)c1c(OCc2cccc(C(=O)CC3CC3)c2)nsc1NC(=O)NCCCN1CCN(C)CC1. The van der Waals surface area contributed by atoms with Crippen LogP contribution in [0.25, 0.3) is 0 Å². The highest BCUT2D eigenvalue weighted by atomic mass is 32.1. The molecule has 2 aliphatic rings. The van der Waals surface area contributed by atoms with E-state index in [4.69, 9.17) is 9.47 Å². The van der Waals surface area contributed by atoms with Gasteiger partial charge in [0.15, 0.2) is 11.3 Å². The molecule has 1 aromatic carbocycles. The fourth-order valence-electron chi connectivity index (χ4n) is 4.15. The first-order valence-electron chi connectivity index (χ1n) is 12.7. The number of nitrogens with zero attached hydrogens (tertiary/aromatic N) is 3. The van der Waals surface area contributed by atoms with E-state index < -0.39 is 12.0 Å². The lowest BCUT2D eigenvalue weighted by Gasteiger charge is -2.32. The van der Waals surface area contributed by atoms with E-state index >= 15 is 0 Å². The molecule has 2 amide bonds. The van der Waals surface area contributed by atoms with Gasteiger partial charge in [-0.3, -0.25) is 10.1 Å². The van der Waals surface area contributed by atoms with E-state index in [9.17, 15) is 14.4 Å². The van der Waals surface area contributed by atoms with Crippen molar-refractivity contribution in [3.8, 4) is 5.88 Å². The maximum absolute atomic E-state index is 12.5. The molecule has 0 bridgehead atoms. The zero-order valence-corrected chi connectivity index (χ0v) is 22.3. The molecule has 2 N–H and O–H groups in total. The van der Waals surface area contributed by atoms with Crippen LogP contribution < -0.4 is 15.4 Å². The average Bonchev–Trinajstić information content (AvgIpc) is 3.63. The van der Waals surface area contributed by atoms with Crippen molar-refractivity contribution in [2.24, 2.45) is 5.92 Å². The molecule has 4 rings (SSSR count). The lowest BCUT2D eigenvalue weighted by molar-refractivity contribution is 0.0596. The molecule has 11 heteroatoms. The molecule has 0 unspecified atom stereocenters. The number of rotatable bonds is 12. The van der Waals surface area contributed by atoms with E-state index in [1.165, 1.54) is 7.11 Å². The van der Waals surface area contributed by atoms with Gasteiger partial charge in [-0.05, 0) is 61.9 Å². The van der Waals surface area contributed by atoms with E-state index in [1.54, 1.807) is 0 Å². The number of piperazine rings is 1. The molecule has 0 spiro atoms. The molecule has 1 aliphatic heterocycles. The van der Waals surface area contributed by atoms with Crippen LogP contribution in [-0.4, -0.2) is 85.4 Å². The number of nitrogens with one attached hydrogen (secondary N) is 2. The van der Waals surface area contributed by atoms with Crippen molar-refractivity contribution in [3.05, 3.63) is 41.0 Å². The first kappa shape index (κ1) is 27.0. The highest BCUT2D eigenvalue weighted by Crippen LogP contribution is 2.34. The predicted octanol–water partition coefficient (Wildman–Crippen LogP) is 3.25. The minimum absolute atomic E-state index is 0.0704. The second kappa shape index (κ2) is 13.0. The van der Waals surface area contributed by atoms with Gasteiger partial charge < -0.3 is 24.6 Å². The van der Waals surface area contributed by atoms with Crippen molar-refractivity contribution in [1.29, 1.82) is 0 Å². The summed E-state index contributed by atoms with van der Waals surface area (Å²) in [6, 6.07) is 6.88. The molecule has 1 saturated heterocycles. The van der Waals surface area contributed by atoms with Crippen molar-refractivity contribution in [2.75, 3.05) is 58.7 Å². The van der Waals surface area contributed by atoms with Crippen LogP contribution in [0.1, 0.15) is 52.0 Å². The van der Waals surface area contributed by atoms with Gasteiger partial charge in [-0.1, -0.05) is 18.2 Å². The normalized spacial score (nSPS) is 16.3. The van der Waals surface area contributed by atoms with Gasteiger partial charge in [-0.25, -0.2) is 9.59 Å². The molecule has 2 heterocycles. The maximum Gasteiger partial charge on any atom is 0.346 e. The largest absolute Gasteiger partial charge is 0.472 e. The molecule has 10 nitrogen and oxygen atoms in total. The Hall–Kier alpha value is -3.02. The Morgan fingerprint density at radius 2 is 1.95 bits per heavy atom. The monoisotopic (exact) mass is 529 g/mol. The summed E-state index contributed by atoms with van der Waals surface area (Å²) in [5, 5.41) is 5.79. The van der Waals surface area contributed by atoms with Crippen molar-refractivity contribution >= 4 is 34.3 Å². The maximum atomic E-state index is 12.5. The Labute approximate surface area is 221 Å². The number of anilines is 1. The summed E-state index contributed by atoms with van der Waals surface area (Å²) in [5.74, 6) is 0.0822. The van der Waals surface area contributed by atoms with Crippen LogP contribution in [0, 0.1) is 5.92 Å². The van der Waals surface area contributed by atoms with Crippen LogP contribution >= 0.6 is 11.5 Å². The Morgan fingerprint density at radius 1 is 1.16 bits per heavy atom. The van der Waals surface area contributed by atoms with Crippen LogP contribution in [0.3, 0.4) is 0 Å². The summed E-state index contributed by atoms with van der Waals surface area (Å²) >= 11 is 0.953. The lowest BCUT2D eigenvalue weighted by atomic mass is 10.0. The molecule has 2 aromatic rings. The molecule has 1 saturated carbocycles. The van der Waals surface area contributed by atoms with Gasteiger partial charge in [-0.15, -0.1) is 0 Å². The molecule has 0 radical (unpaired) electrons. The number of hydrogen-bond donors (Lipinski definition) is 2. The number of carbonyl (C=O) groups is 3. The highest BCUT2D eigenvalue weighted by Gasteiger charge is 2.26. The predicted molar refractivity (Wildman–Crippen MR) is 141 cm³/mol. The number of methoxy groups -OCH3 is 1. The third-order valence-electron chi connectivity index (χ3n) is 6.61. The van der Waals surface area contributed by atoms with Crippen molar-refractivity contribution in [1.82, 2.24) is 19.5 Å². The van der Waals surface area contributed by atoms with Gasteiger partial charge >= 0.3 is 12.0 Å². The lowest BCUT2D eigenvalue weighted by Crippen LogP contribution is -2.45. The van der Waals surface area contributed by atoms with E-state index in [0.717, 1.165) is 69.1 Å². The fraction of sp³-hybridized carbons (Fsp3) is 0.538. The van der Waals surface area contributed by atoms with E-state index in [0.29, 0.717) is 24.4 Å². The number of likely N-dealkylation sites (N-methyl/N-ethyl adjacent to an activating group) is 1. The first-order chi connectivity index (χ1) is 17.9. The summed E-state index contributed by atoms with van der Waals surface area (Å²) in [6.45, 7) is 5.76. The summed E-state index contributed by atoms with van der Waals surface area (Å²) in [7, 11) is 3.39. The van der Waals surface area contributed by atoms with E-state index in [-0.39, 0.29) is 28.8 Å². The van der Waals surface area contributed by atoms with E-state index in [1.807, 2.05) is 24.3 Å². The Morgan fingerprint density at radius 3 is 2.68 bits per heavy atom. The van der Waals surface area contributed by atoms with E-state index in [2.05, 4.69) is 31.9 Å². The number of aromatic nitrogens is 1. The number of urea groups is 1. The third-order valence-corrected chi connectivity index (χ3v) is 7.35. The molecule has 200 valence electrons. The molecule has 1 aliphatic carbocycles. The summed E-state index contributed by atoms with van der Waals surface area (Å²) < 4.78 is 14.9. The summed E-state index contributed by atoms with van der Waals surface area (Å²) in [6.07, 6.45) is 3.66. The number of Topliss-reactive ketones (excluding diaryl/α,β-unsaturated/α-hetero) is 1. The number of ketones is 1. The number of carbonyl (C=O) groups excluding carboxylic acids is 3. The van der Waals surface area contributed by atoms with Gasteiger partial charge in [0.1, 0.15) is 11.6 Å². The second-order valence-electron chi connectivity index (χ2n) is 9.62. The standard InChI is InChI=1S/C26H35N5O5S/c1-30-11-13-31(14-12-30)10-4-9-27-26(34)28-24-22(25(33)35-2)23(29-37-24)36-17-19-5-3-6-20(15-19)21(32)16-18-7-8-18/h3,5-6,15,18H,4,7-14,16-17H2,1-2H3,(H2,27,28,34). The van der Waals surface area contributed by atoms with Crippen molar-refractivity contribution in [2.45, 2.75) is 32.3 Å². The molecule has 37 heavy (non-hydrogen) atoms. The Balaban J connectivity index is 1.29. The molecule has 1 aromatic heterocycles. The summed E-state index contributed by atoms with van der Waals surface area (Å²) in [5.41, 5.74) is 1.52. The Bertz CT molecular complexity index is 1090. The number of benzene rings is 1. The van der Waals surface area contributed by atoms with Crippen LogP contribution in [-0.2, 0) is 11.3 Å². The topological polar surface area (TPSA) is 113 Å². The minimum atomic E-state index is -0.650. The van der Waals surface area contributed by atoms with Crippen molar-refractivity contribution < 1.29 is 23.9 Å². The number of amides is 2. The number of hydrogen-bond acceptors (Lipinski definition) is 9. The molecular formula is C26H35N5O5S. The second-order valence-corrected chi connectivity index (χ2v) is 10.4.